The van der Waals surface area contributed by atoms with Gasteiger partial charge in [-0.3, -0.25) is 4.79 Å². The molecule has 0 aliphatic rings. The van der Waals surface area contributed by atoms with Gasteiger partial charge in [0, 0.05) is 11.1 Å². The molecule has 0 unspecified atom stereocenters. The summed E-state index contributed by atoms with van der Waals surface area (Å²) in [5.41, 5.74) is 2.05. The van der Waals surface area contributed by atoms with Gasteiger partial charge in [0.15, 0.2) is 6.61 Å². The normalized spacial score (nSPS) is 10.8. The summed E-state index contributed by atoms with van der Waals surface area (Å²) in [7, 11) is 0. The molecule has 3 rings (SSSR count). The van der Waals surface area contributed by atoms with Gasteiger partial charge < -0.3 is 14.8 Å². The second-order valence-corrected chi connectivity index (χ2v) is 6.71. The predicted octanol–water partition coefficient (Wildman–Crippen LogP) is 4.56. The summed E-state index contributed by atoms with van der Waals surface area (Å²) in [6, 6.07) is 20.4. The molecule has 0 aliphatic heterocycles. The molecule has 0 bridgehead atoms. The van der Waals surface area contributed by atoms with Crippen LogP contribution in [0.15, 0.2) is 66.7 Å². The highest BCUT2D eigenvalue weighted by Crippen LogP contribution is 2.22. The quantitative estimate of drug-likeness (QED) is 0.613. The molecule has 0 aromatic heterocycles. The molecular weight excluding hydrogens is 354 g/mol. The number of ether oxygens (including phenoxy) is 2. The summed E-state index contributed by atoms with van der Waals surface area (Å²) in [6.45, 7) is 4.07. The fourth-order valence-electron chi connectivity index (χ4n) is 2.74. The Balaban J connectivity index is 1.54. The molecule has 1 N–H and O–H groups in total. The summed E-state index contributed by atoms with van der Waals surface area (Å²) in [5, 5.41) is 4.76. The van der Waals surface area contributed by atoms with Crippen LogP contribution in [0.4, 0.5) is 5.69 Å². The highest BCUT2D eigenvalue weighted by Gasteiger charge is 2.11. The van der Waals surface area contributed by atoms with E-state index in [9.17, 15) is 9.59 Å². The van der Waals surface area contributed by atoms with Crippen molar-refractivity contribution in [2.75, 3.05) is 11.9 Å². The van der Waals surface area contributed by atoms with E-state index in [2.05, 4.69) is 5.32 Å². The molecule has 0 heterocycles. The van der Waals surface area contributed by atoms with Crippen LogP contribution >= 0.6 is 0 Å². The maximum absolute atomic E-state index is 12.2. The first kappa shape index (κ1) is 19.6. The third kappa shape index (κ3) is 5.18. The first-order chi connectivity index (χ1) is 13.5. The van der Waals surface area contributed by atoms with Crippen molar-refractivity contribution in [2.24, 2.45) is 0 Å². The molecule has 0 atom stereocenters. The lowest BCUT2D eigenvalue weighted by Crippen LogP contribution is -2.21. The van der Waals surface area contributed by atoms with Crippen LogP contribution in [-0.2, 0) is 20.9 Å². The molecule has 5 nitrogen and oxygen atoms in total. The van der Waals surface area contributed by atoms with Crippen molar-refractivity contribution < 1.29 is 19.1 Å². The van der Waals surface area contributed by atoms with Gasteiger partial charge in [-0.1, -0.05) is 48.5 Å². The van der Waals surface area contributed by atoms with Gasteiger partial charge >= 0.3 is 5.97 Å². The molecule has 0 fully saturated rings. The standard InChI is InChI=1S/C23H23NO4/c1-16(2)27-14-17-10-12-19(13-11-17)23(26)28-15-22(25)24-21-9-5-7-18-6-3-4-8-20(18)21/h3-13,16H,14-15H2,1-2H3,(H,24,25). The fourth-order valence-corrected chi connectivity index (χ4v) is 2.74. The number of anilines is 1. The number of carbonyl (C=O) groups is 2. The van der Waals surface area contributed by atoms with Gasteiger partial charge in [-0.15, -0.1) is 0 Å². The summed E-state index contributed by atoms with van der Waals surface area (Å²) in [4.78, 5) is 24.3. The number of amides is 1. The topological polar surface area (TPSA) is 64.6 Å². The van der Waals surface area contributed by atoms with Crippen LogP contribution in [-0.4, -0.2) is 24.6 Å². The minimum Gasteiger partial charge on any atom is -0.452 e. The Morgan fingerprint density at radius 3 is 2.39 bits per heavy atom. The molecule has 0 radical (unpaired) electrons. The molecule has 0 spiro atoms. The molecular formula is C23H23NO4. The van der Waals surface area contributed by atoms with Crippen molar-refractivity contribution >= 4 is 28.3 Å². The zero-order valence-corrected chi connectivity index (χ0v) is 16.0. The largest absolute Gasteiger partial charge is 0.452 e. The lowest BCUT2D eigenvalue weighted by Gasteiger charge is -2.10. The van der Waals surface area contributed by atoms with Gasteiger partial charge in [0.2, 0.25) is 0 Å². The Kier molecular flexibility index (Phi) is 6.40. The van der Waals surface area contributed by atoms with Crippen LogP contribution in [0.2, 0.25) is 0 Å². The van der Waals surface area contributed by atoms with Crippen LogP contribution in [0, 0.1) is 0 Å². The summed E-state index contributed by atoms with van der Waals surface area (Å²) < 4.78 is 10.7. The van der Waals surface area contributed by atoms with E-state index in [0.717, 1.165) is 16.3 Å². The Hall–Kier alpha value is -3.18. The Bertz CT molecular complexity index is 959. The van der Waals surface area contributed by atoms with E-state index >= 15 is 0 Å². The minimum atomic E-state index is -0.538. The first-order valence-corrected chi connectivity index (χ1v) is 9.18. The third-order valence-electron chi connectivity index (χ3n) is 4.17. The highest BCUT2D eigenvalue weighted by atomic mass is 16.5. The maximum atomic E-state index is 12.2. The number of fused-ring (bicyclic) bond motifs is 1. The van der Waals surface area contributed by atoms with Gasteiger partial charge in [0.05, 0.1) is 18.3 Å². The van der Waals surface area contributed by atoms with Crippen molar-refractivity contribution in [3.8, 4) is 0 Å². The second kappa shape index (κ2) is 9.15. The number of esters is 1. The van der Waals surface area contributed by atoms with Crippen LogP contribution < -0.4 is 5.32 Å². The minimum absolute atomic E-state index is 0.143. The number of benzene rings is 3. The molecule has 0 saturated carbocycles. The first-order valence-electron chi connectivity index (χ1n) is 9.18. The van der Waals surface area contributed by atoms with Crippen molar-refractivity contribution in [2.45, 2.75) is 26.6 Å². The zero-order valence-electron chi connectivity index (χ0n) is 16.0. The van der Waals surface area contributed by atoms with E-state index in [4.69, 9.17) is 9.47 Å². The van der Waals surface area contributed by atoms with Gasteiger partial charge in [0.1, 0.15) is 0 Å². The summed E-state index contributed by atoms with van der Waals surface area (Å²) in [5.74, 6) is -0.920. The number of hydrogen-bond donors (Lipinski definition) is 1. The lowest BCUT2D eigenvalue weighted by molar-refractivity contribution is -0.119. The molecule has 144 valence electrons. The Morgan fingerprint density at radius 1 is 0.929 bits per heavy atom. The molecule has 0 saturated heterocycles. The monoisotopic (exact) mass is 377 g/mol. The molecule has 3 aromatic rings. The van der Waals surface area contributed by atoms with Crippen LogP contribution in [0.5, 0.6) is 0 Å². The second-order valence-electron chi connectivity index (χ2n) is 6.71. The third-order valence-corrected chi connectivity index (χ3v) is 4.17. The Labute approximate surface area is 164 Å². The zero-order chi connectivity index (χ0) is 19.9. The van der Waals surface area contributed by atoms with E-state index < -0.39 is 5.97 Å². The number of carbonyl (C=O) groups excluding carboxylic acids is 2. The highest BCUT2D eigenvalue weighted by molar-refractivity contribution is 6.03. The van der Waals surface area contributed by atoms with Gasteiger partial charge in [-0.05, 0) is 43.0 Å². The molecule has 3 aromatic carbocycles. The maximum Gasteiger partial charge on any atom is 0.338 e. The SMILES string of the molecule is CC(C)OCc1ccc(C(=O)OCC(=O)Nc2cccc3ccccc23)cc1. The van der Waals surface area contributed by atoms with Gasteiger partial charge in [0.25, 0.3) is 5.91 Å². The predicted molar refractivity (Wildman–Crippen MR) is 109 cm³/mol. The number of rotatable bonds is 7. The molecule has 1 amide bonds. The lowest BCUT2D eigenvalue weighted by atomic mass is 10.1. The van der Waals surface area contributed by atoms with E-state index in [1.54, 1.807) is 12.1 Å². The summed E-state index contributed by atoms with van der Waals surface area (Å²) >= 11 is 0. The van der Waals surface area contributed by atoms with Crippen molar-refractivity contribution in [3.63, 3.8) is 0 Å². The van der Waals surface area contributed by atoms with E-state index in [0.29, 0.717) is 17.9 Å². The smallest absolute Gasteiger partial charge is 0.338 e. The van der Waals surface area contributed by atoms with Crippen LogP contribution in [0.3, 0.4) is 0 Å². The number of hydrogen-bond acceptors (Lipinski definition) is 4. The van der Waals surface area contributed by atoms with Crippen LogP contribution in [0.1, 0.15) is 29.8 Å². The van der Waals surface area contributed by atoms with Gasteiger partial charge in [-0.2, -0.15) is 0 Å². The van der Waals surface area contributed by atoms with Crippen molar-refractivity contribution in [3.05, 3.63) is 77.9 Å². The molecule has 0 aliphatic carbocycles. The van der Waals surface area contributed by atoms with Gasteiger partial charge in [-0.25, -0.2) is 4.79 Å². The van der Waals surface area contributed by atoms with E-state index in [1.807, 2.05) is 68.4 Å². The average Bonchev–Trinajstić information content (AvgIpc) is 2.71. The average molecular weight is 377 g/mol. The summed E-state index contributed by atoms with van der Waals surface area (Å²) in [6.07, 6.45) is 0.143. The van der Waals surface area contributed by atoms with E-state index in [1.165, 1.54) is 0 Å². The van der Waals surface area contributed by atoms with Crippen LogP contribution in [0.25, 0.3) is 10.8 Å². The Morgan fingerprint density at radius 2 is 1.64 bits per heavy atom. The van der Waals surface area contributed by atoms with Crippen molar-refractivity contribution in [1.29, 1.82) is 0 Å². The van der Waals surface area contributed by atoms with Crippen molar-refractivity contribution in [1.82, 2.24) is 0 Å². The molecule has 28 heavy (non-hydrogen) atoms. The molecule has 5 heteroatoms. The van der Waals surface area contributed by atoms with E-state index in [-0.39, 0.29) is 18.6 Å². The number of nitrogens with one attached hydrogen (secondary N) is 1. The fraction of sp³-hybridized carbons (Fsp3) is 0.217.